The van der Waals surface area contributed by atoms with E-state index < -0.39 is 8.03 Å². The van der Waals surface area contributed by atoms with Crippen LogP contribution in [0.3, 0.4) is 0 Å². The molecule has 22 heavy (non-hydrogen) atoms. The third kappa shape index (κ3) is 5.92. The number of rotatable bonds is 3. The molecule has 116 valence electrons. The molecule has 1 amide bonds. The first-order valence-electron chi connectivity index (χ1n) is 6.37. The van der Waals surface area contributed by atoms with Gasteiger partial charge in [-0.25, -0.2) is 0 Å². The molecule has 2 aromatic carbocycles. The van der Waals surface area contributed by atoms with Crippen LogP contribution in [-0.2, 0) is 4.57 Å². The van der Waals surface area contributed by atoms with Gasteiger partial charge in [0.25, 0.3) is 5.91 Å². The third-order valence-electron chi connectivity index (χ3n) is 2.40. The van der Waals surface area contributed by atoms with Gasteiger partial charge in [0.15, 0.2) is 5.30 Å². The highest BCUT2D eigenvalue weighted by atomic mass is 35.5. The minimum atomic E-state index is -2.70. The van der Waals surface area contributed by atoms with Gasteiger partial charge in [-0.1, -0.05) is 28.3 Å². The normalized spacial score (nSPS) is 10.3. The van der Waals surface area contributed by atoms with Crippen LogP contribution in [0.15, 0.2) is 48.5 Å². The molecule has 5 nitrogen and oxygen atoms in total. The van der Waals surface area contributed by atoms with Crippen LogP contribution < -0.4 is 20.8 Å². The molecule has 0 heterocycles. The summed E-state index contributed by atoms with van der Waals surface area (Å²) in [6.45, 7) is 0. The monoisotopic (exact) mass is 338 g/mol. The average Bonchev–Trinajstić information content (AvgIpc) is 2.48. The lowest BCUT2D eigenvalue weighted by Gasteiger charge is -2.05. The molecule has 2 rings (SSSR count). The van der Waals surface area contributed by atoms with Crippen LogP contribution in [0.5, 0.6) is 0 Å². The molecule has 0 aliphatic carbocycles. The summed E-state index contributed by atoms with van der Waals surface area (Å²) >= 11 is 5.81. The summed E-state index contributed by atoms with van der Waals surface area (Å²) in [5.74, 6) is -0.388. The van der Waals surface area contributed by atoms with Gasteiger partial charge in [-0.3, -0.25) is 4.79 Å². The van der Waals surface area contributed by atoms with Gasteiger partial charge in [-0.15, -0.1) is 0 Å². The lowest BCUT2D eigenvalue weighted by Crippen LogP contribution is -2.14. The van der Waals surface area contributed by atoms with Crippen LogP contribution >= 0.6 is 19.6 Å². The number of carbonyl (C=O) groups excluding carboxylic acids is 1. The molecule has 2 N–H and O–H groups in total. The van der Waals surface area contributed by atoms with Crippen LogP contribution in [-0.4, -0.2) is 20.0 Å². The minimum Gasteiger partial charge on any atom is -0.591 e. The molecule has 2 aromatic rings. The van der Waals surface area contributed by atoms with Crippen LogP contribution in [0.25, 0.3) is 0 Å². The molecule has 0 aliphatic heterocycles. The maximum Gasteiger partial charge on any atom is 0.348 e. The van der Waals surface area contributed by atoms with Crippen molar-refractivity contribution in [3.8, 4) is 0 Å². The lowest BCUT2D eigenvalue weighted by atomic mass is 10.2. The molecule has 0 aliphatic rings. The lowest BCUT2D eigenvalue weighted by molar-refractivity contribution is -0.160. The summed E-state index contributed by atoms with van der Waals surface area (Å²) in [6, 6.07) is 12.5. The molecule has 1 atom stereocenters. The number of hydrogen-bond donors (Lipinski definition) is 2. The maximum atomic E-state index is 11.9. The number of benzene rings is 2. The van der Waals surface area contributed by atoms with E-state index in [4.69, 9.17) is 11.6 Å². The zero-order valence-electron chi connectivity index (χ0n) is 12.2. The molecule has 0 radical (unpaired) electrons. The summed E-state index contributed by atoms with van der Waals surface area (Å²) in [5, 5.41) is 6.01. The summed E-state index contributed by atoms with van der Waals surface area (Å²) < 4.78 is 10.9. The SMILES string of the molecule is CNC.O=C(Nc1cccc(Cl)c1)c1cccc([P+](=O)[O-])c1. The van der Waals surface area contributed by atoms with Crippen molar-refractivity contribution < 1.29 is 14.3 Å². The predicted molar refractivity (Wildman–Crippen MR) is 88.1 cm³/mol. The van der Waals surface area contributed by atoms with Gasteiger partial charge in [-0.05, 0) is 44.4 Å². The standard InChI is InChI=1S/C13H9ClNO3P.C2H7N/c14-10-4-2-5-11(8-10)15-13(16)9-3-1-6-12(7-9)19(17)18;1-3-2/h1-8H,(H,15,16);3H,1-2H3. The fourth-order valence-electron chi connectivity index (χ4n) is 1.53. The molecule has 0 fully saturated rings. The molecule has 0 spiro atoms. The molecule has 0 aromatic heterocycles. The van der Waals surface area contributed by atoms with Gasteiger partial charge in [0, 0.05) is 22.3 Å². The van der Waals surface area contributed by atoms with Gasteiger partial charge in [0.05, 0.1) is 0 Å². The van der Waals surface area contributed by atoms with Crippen molar-refractivity contribution in [1.29, 1.82) is 0 Å². The Labute approximate surface area is 135 Å². The third-order valence-corrected chi connectivity index (χ3v) is 3.34. The van der Waals surface area contributed by atoms with E-state index in [1.54, 1.807) is 30.3 Å². The van der Waals surface area contributed by atoms with E-state index >= 15 is 0 Å². The Morgan fingerprint density at radius 3 is 2.36 bits per heavy atom. The maximum absolute atomic E-state index is 11.9. The molecule has 7 heteroatoms. The van der Waals surface area contributed by atoms with Crippen molar-refractivity contribution in [3.63, 3.8) is 0 Å². The first kappa shape index (κ1) is 18.3. The summed E-state index contributed by atoms with van der Waals surface area (Å²) in [7, 11) is 1.05. The van der Waals surface area contributed by atoms with Crippen molar-refractivity contribution >= 4 is 36.5 Å². The van der Waals surface area contributed by atoms with Crippen molar-refractivity contribution in [1.82, 2.24) is 5.32 Å². The molecule has 1 unspecified atom stereocenters. The van der Waals surface area contributed by atoms with E-state index in [0.29, 0.717) is 10.7 Å². The van der Waals surface area contributed by atoms with E-state index in [2.05, 4.69) is 10.6 Å². The second kappa shape index (κ2) is 9.28. The first-order valence-corrected chi connectivity index (χ1v) is 7.93. The topological polar surface area (TPSA) is 81.3 Å². The molecular weight excluding hydrogens is 323 g/mol. The Morgan fingerprint density at radius 2 is 1.77 bits per heavy atom. The largest absolute Gasteiger partial charge is 0.591 e. The number of nitrogens with one attached hydrogen (secondary N) is 2. The van der Waals surface area contributed by atoms with E-state index in [9.17, 15) is 14.3 Å². The van der Waals surface area contributed by atoms with Crippen molar-refractivity contribution in [2.75, 3.05) is 19.4 Å². The molecule has 0 saturated heterocycles. The number of anilines is 1. The molecule has 0 bridgehead atoms. The second-order valence-electron chi connectivity index (χ2n) is 4.27. The van der Waals surface area contributed by atoms with Crippen molar-refractivity contribution in [2.24, 2.45) is 0 Å². The van der Waals surface area contributed by atoms with Gasteiger partial charge >= 0.3 is 8.03 Å². The summed E-state index contributed by atoms with van der Waals surface area (Å²) in [5.41, 5.74) is 0.825. The second-order valence-corrected chi connectivity index (χ2v) is 5.74. The zero-order chi connectivity index (χ0) is 16.5. The highest BCUT2D eigenvalue weighted by Gasteiger charge is 2.12. The van der Waals surface area contributed by atoms with E-state index in [1.807, 2.05) is 14.1 Å². The van der Waals surface area contributed by atoms with Gasteiger partial charge in [0.2, 0.25) is 0 Å². The Balaban J connectivity index is 0.000000745. The summed E-state index contributed by atoms with van der Waals surface area (Å²) in [6.07, 6.45) is 0. The number of hydrogen-bond acceptors (Lipinski definition) is 4. The van der Waals surface area contributed by atoms with E-state index in [0.717, 1.165) is 0 Å². The fraction of sp³-hybridized carbons (Fsp3) is 0.133. The van der Waals surface area contributed by atoms with E-state index in [-0.39, 0.29) is 16.8 Å². The van der Waals surface area contributed by atoms with E-state index in [1.165, 1.54) is 18.2 Å². The first-order chi connectivity index (χ1) is 10.5. The van der Waals surface area contributed by atoms with Crippen LogP contribution in [0.4, 0.5) is 5.69 Å². The van der Waals surface area contributed by atoms with Crippen LogP contribution in [0.1, 0.15) is 10.4 Å². The summed E-state index contributed by atoms with van der Waals surface area (Å²) in [4.78, 5) is 22.8. The Hall–Kier alpha value is -1.78. The Bertz CT molecular complexity index is 665. The highest BCUT2D eigenvalue weighted by Crippen LogP contribution is 2.16. The van der Waals surface area contributed by atoms with Crippen LogP contribution in [0.2, 0.25) is 5.02 Å². The number of amides is 1. The number of halogens is 1. The fourth-order valence-corrected chi connectivity index (χ4v) is 2.17. The van der Waals surface area contributed by atoms with Crippen molar-refractivity contribution in [3.05, 3.63) is 59.1 Å². The predicted octanol–water partition coefficient (Wildman–Crippen LogP) is 2.16. The molecular formula is C15H16ClN2O3P. The highest BCUT2D eigenvalue weighted by molar-refractivity contribution is 7.45. The van der Waals surface area contributed by atoms with Crippen LogP contribution in [0, 0.1) is 0 Å². The molecule has 0 saturated carbocycles. The number of carbonyl (C=O) groups is 1. The smallest absolute Gasteiger partial charge is 0.348 e. The zero-order valence-corrected chi connectivity index (χ0v) is 13.8. The quantitative estimate of drug-likeness (QED) is 0.840. The Kier molecular flexibility index (Phi) is 7.71. The van der Waals surface area contributed by atoms with Gasteiger partial charge in [-0.2, -0.15) is 0 Å². The van der Waals surface area contributed by atoms with Gasteiger partial charge in [0.1, 0.15) is 0 Å². The van der Waals surface area contributed by atoms with Gasteiger partial charge < -0.3 is 15.5 Å². The minimum absolute atomic E-state index is 0.105. The van der Waals surface area contributed by atoms with Crippen molar-refractivity contribution in [2.45, 2.75) is 0 Å². The Morgan fingerprint density at radius 1 is 1.14 bits per heavy atom. The average molecular weight is 339 g/mol.